The molecule has 1 aliphatic carbocycles. The molecule has 3 rings (SSSR count). The van der Waals surface area contributed by atoms with Gasteiger partial charge in [-0.3, -0.25) is 4.79 Å². The normalized spacial score (nSPS) is 13.4. The lowest BCUT2D eigenvalue weighted by Gasteiger charge is -2.06. The van der Waals surface area contributed by atoms with Crippen molar-refractivity contribution in [3.05, 3.63) is 53.6 Å². The van der Waals surface area contributed by atoms with Crippen LogP contribution < -0.4 is 5.32 Å². The Morgan fingerprint density at radius 1 is 1.13 bits per heavy atom. The first-order valence-corrected chi connectivity index (χ1v) is 7.58. The van der Waals surface area contributed by atoms with E-state index in [1.54, 1.807) is 43.6 Å². The highest BCUT2D eigenvalue weighted by Gasteiger charge is 2.26. The van der Waals surface area contributed by atoms with E-state index in [-0.39, 0.29) is 11.9 Å². The molecule has 0 radical (unpaired) electrons. The van der Waals surface area contributed by atoms with Gasteiger partial charge in [0.25, 0.3) is 5.91 Å². The van der Waals surface area contributed by atoms with E-state index < -0.39 is 0 Å². The number of benzene rings is 1. The van der Waals surface area contributed by atoms with Gasteiger partial charge in [0.1, 0.15) is 5.82 Å². The first kappa shape index (κ1) is 15.1. The third-order valence-corrected chi connectivity index (χ3v) is 3.53. The average Bonchev–Trinajstić information content (AvgIpc) is 3.41. The van der Waals surface area contributed by atoms with E-state index in [2.05, 4.69) is 15.3 Å². The summed E-state index contributed by atoms with van der Waals surface area (Å²) in [4.78, 5) is 32.2. The summed E-state index contributed by atoms with van der Waals surface area (Å²) in [5.74, 6) is 0.605. The summed E-state index contributed by atoms with van der Waals surface area (Å²) < 4.78 is 4.91. The second kappa shape index (κ2) is 6.56. The average molecular weight is 311 g/mol. The summed E-state index contributed by atoms with van der Waals surface area (Å²) in [5, 5.41) is 2.75. The molecule has 118 valence electrons. The number of anilines is 1. The van der Waals surface area contributed by atoms with Crippen LogP contribution in [0.3, 0.4) is 0 Å². The van der Waals surface area contributed by atoms with E-state index in [0.717, 1.165) is 18.7 Å². The van der Waals surface area contributed by atoms with E-state index in [4.69, 9.17) is 4.74 Å². The zero-order valence-corrected chi connectivity index (χ0v) is 12.8. The van der Waals surface area contributed by atoms with Gasteiger partial charge in [-0.2, -0.15) is 0 Å². The van der Waals surface area contributed by atoms with Crippen LogP contribution in [0, 0.1) is 0 Å². The van der Waals surface area contributed by atoms with Crippen molar-refractivity contribution in [1.82, 2.24) is 9.97 Å². The Labute approximate surface area is 133 Å². The van der Waals surface area contributed by atoms with Gasteiger partial charge in [-0.15, -0.1) is 0 Å². The zero-order valence-electron chi connectivity index (χ0n) is 12.8. The molecule has 1 fully saturated rings. The minimum Gasteiger partial charge on any atom is -0.462 e. The van der Waals surface area contributed by atoms with Crippen LogP contribution in [0.5, 0.6) is 0 Å². The van der Waals surface area contributed by atoms with Crippen molar-refractivity contribution in [1.29, 1.82) is 0 Å². The highest BCUT2D eigenvalue weighted by Crippen LogP contribution is 2.37. The Morgan fingerprint density at radius 2 is 1.78 bits per heavy atom. The standard InChI is InChI=1S/C17H17N3O3/c1-2-23-17(22)12-5-7-14(8-6-12)20-16(21)13-9-18-15(19-10-13)11-3-4-11/h5-11H,2-4H2,1H3,(H,20,21). The molecule has 1 N–H and O–H groups in total. The quantitative estimate of drug-likeness (QED) is 0.859. The van der Waals surface area contributed by atoms with E-state index in [1.807, 2.05) is 0 Å². The van der Waals surface area contributed by atoms with Crippen LogP contribution in [-0.2, 0) is 4.74 Å². The number of ether oxygens (including phenoxy) is 1. The third-order valence-electron chi connectivity index (χ3n) is 3.53. The Bertz CT molecular complexity index is 707. The minimum atomic E-state index is -0.380. The molecule has 0 aliphatic heterocycles. The number of amides is 1. The van der Waals surface area contributed by atoms with Crippen molar-refractivity contribution < 1.29 is 14.3 Å². The lowest BCUT2D eigenvalue weighted by Crippen LogP contribution is -2.13. The number of hydrogen-bond acceptors (Lipinski definition) is 5. The summed E-state index contributed by atoms with van der Waals surface area (Å²) in [6, 6.07) is 6.54. The Morgan fingerprint density at radius 3 is 2.35 bits per heavy atom. The number of hydrogen-bond donors (Lipinski definition) is 1. The highest BCUT2D eigenvalue weighted by atomic mass is 16.5. The summed E-state index contributed by atoms with van der Waals surface area (Å²) >= 11 is 0. The van der Waals surface area contributed by atoms with Crippen molar-refractivity contribution in [3.8, 4) is 0 Å². The maximum Gasteiger partial charge on any atom is 0.338 e. The smallest absolute Gasteiger partial charge is 0.338 e. The number of esters is 1. The Hall–Kier alpha value is -2.76. The van der Waals surface area contributed by atoms with Gasteiger partial charge in [-0.25, -0.2) is 14.8 Å². The molecule has 0 bridgehead atoms. The first-order valence-electron chi connectivity index (χ1n) is 7.58. The van der Waals surface area contributed by atoms with Gasteiger partial charge in [0.15, 0.2) is 0 Å². The second-order valence-electron chi connectivity index (χ2n) is 5.36. The number of carbonyl (C=O) groups is 2. The molecule has 6 nitrogen and oxygen atoms in total. The predicted octanol–water partition coefficient (Wildman–Crippen LogP) is 2.78. The van der Waals surface area contributed by atoms with E-state index in [9.17, 15) is 9.59 Å². The molecule has 1 saturated carbocycles. The molecule has 1 aromatic carbocycles. The largest absolute Gasteiger partial charge is 0.462 e. The lowest BCUT2D eigenvalue weighted by atomic mass is 10.2. The molecule has 1 heterocycles. The summed E-state index contributed by atoms with van der Waals surface area (Å²) in [6.45, 7) is 2.08. The fraction of sp³-hybridized carbons (Fsp3) is 0.294. The van der Waals surface area contributed by atoms with Gasteiger partial charge in [0, 0.05) is 24.0 Å². The summed E-state index contributed by atoms with van der Waals surface area (Å²) in [7, 11) is 0. The summed E-state index contributed by atoms with van der Waals surface area (Å²) in [6.07, 6.45) is 5.34. The fourth-order valence-corrected chi connectivity index (χ4v) is 2.11. The molecule has 23 heavy (non-hydrogen) atoms. The molecular weight excluding hydrogens is 294 g/mol. The highest BCUT2D eigenvalue weighted by molar-refractivity contribution is 6.04. The van der Waals surface area contributed by atoms with Gasteiger partial charge in [0.2, 0.25) is 0 Å². The van der Waals surface area contributed by atoms with Crippen LogP contribution in [-0.4, -0.2) is 28.5 Å². The molecule has 1 aliphatic rings. The van der Waals surface area contributed by atoms with Crippen LogP contribution >= 0.6 is 0 Å². The number of nitrogens with zero attached hydrogens (tertiary/aromatic N) is 2. The molecule has 0 saturated heterocycles. The van der Waals surface area contributed by atoms with Crippen LogP contribution in [0.4, 0.5) is 5.69 Å². The zero-order chi connectivity index (χ0) is 16.2. The number of carbonyl (C=O) groups excluding carboxylic acids is 2. The van der Waals surface area contributed by atoms with Crippen LogP contribution in [0.2, 0.25) is 0 Å². The van der Waals surface area contributed by atoms with Crippen LogP contribution in [0.15, 0.2) is 36.7 Å². The van der Waals surface area contributed by atoms with E-state index in [0.29, 0.717) is 29.3 Å². The van der Waals surface area contributed by atoms with Crippen molar-refractivity contribution in [2.24, 2.45) is 0 Å². The monoisotopic (exact) mass is 311 g/mol. The number of aromatic nitrogens is 2. The third kappa shape index (κ3) is 3.71. The Balaban J connectivity index is 1.63. The second-order valence-corrected chi connectivity index (χ2v) is 5.36. The molecule has 0 spiro atoms. The van der Waals surface area contributed by atoms with Gasteiger partial charge in [-0.1, -0.05) is 0 Å². The van der Waals surface area contributed by atoms with Gasteiger partial charge < -0.3 is 10.1 Å². The van der Waals surface area contributed by atoms with Crippen LogP contribution in [0.25, 0.3) is 0 Å². The maximum absolute atomic E-state index is 12.1. The van der Waals surface area contributed by atoms with Crippen molar-refractivity contribution >= 4 is 17.6 Å². The molecule has 2 aromatic rings. The molecule has 6 heteroatoms. The van der Waals surface area contributed by atoms with Crippen molar-refractivity contribution in [2.75, 3.05) is 11.9 Å². The number of rotatable bonds is 5. The van der Waals surface area contributed by atoms with Crippen molar-refractivity contribution in [3.63, 3.8) is 0 Å². The molecular formula is C17H17N3O3. The van der Waals surface area contributed by atoms with E-state index in [1.165, 1.54) is 0 Å². The molecule has 1 amide bonds. The fourth-order valence-electron chi connectivity index (χ4n) is 2.11. The molecule has 0 atom stereocenters. The topological polar surface area (TPSA) is 81.2 Å². The molecule has 0 unspecified atom stereocenters. The van der Waals surface area contributed by atoms with Crippen LogP contribution in [0.1, 0.15) is 52.2 Å². The van der Waals surface area contributed by atoms with Gasteiger partial charge >= 0.3 is 5.97 Å². The van der Waals surface area contributed by atoms with Gasteiger partial charge in [0.05, 0.1) is 17.7 Å². The molecule has 1 aromatic heterocycles. The van der Waals surface area contributed by atoms with Gasteiger partial charge in [-0.05, 0) is 44.0 Å². The lowest BCUT2D eigenvalue weighted by molar-refractivity contribution is 0.0526. The van der Waals surface area contributed by atoms with Crippen molar-refractivity contribution in [2.45, 2.75) is 25.7 Å². The van der Waals surface area contributed by atoms with E-state index >= 15 is 0 Å². The predicted molar refractivity (Wildman–Crippen MR) is 84.4 cm³/mol. The first-order chi connectivity index (χ1) is 11.2. The number of nitrogens with one attached hydrogen (secondary N) is 1. The maximum atomic E-state index is 12.1. The Kier molecular flexibility index (Phi) is 4.32. The SMILES string of the molecule is CCOC(=O)c1ccc(NC(=O)c2cnc(C3CC3)nc2)cc1. The minimum absolute atomic E-state index is 0.281. The summed E-state index contributed by atoms with van der Waals surface area (Å²) in [5.41, 5.74) is 1.44.